The minimum absolute atomic E-state index is 0.154. The van der Waals surface area contributed by atoms with Gasteiger partial charge in [0.05, 0.1) is 0 Å². The number of nitrogens with one attached hydrogen (secondary N) is 2. The van der Waals surface area contributed by atoms with Crippen LogP contribution < -0.4 is 31.8 Å². The van der Waals surface area contributed by atoms with Gasteiger partial charge in [0, 0.05) is 0 Å². The van der Waals surface area contributed by atoms with Gasteiger partial charge < -0.3 is 4.74 Å². The maximum absolute atomic E-state index is 12.1. The van der Waals surface area contributed by atoms with Crippen molar-refractivity contribution in [2.75, 3.05) is 5.32 Å². The number of benzene rings is 2. The molecule has 2 N–H and O–H groups in total. The summed E-state index contributed by atoms with van der Waals surface area (Å²) in [5, 5.41) is 5.78. The molecule has 0 aromatic heterocycles. The average molecular weight is 588 g/mol. The van der Waals surface area contributed by atoms with Crippen molar-refractivity contribution >= 4 is 37.3 Å². The fraction of sp³-hybridized carbons (Fsp3) is 0.417. The Hall–Kier alpha value is -1.39. The molecule has 2 aromatic rings. The van der Waals surface area contributed by atoms with Crippen molar-refractivity contribution in [3.8, 4) is 0 Å². The molecule has 176 valence electrons. The average Bonchev–Trinajstić information content (AvgIpc) is 2.64. The van der Waals surface area contributed by atoms with Gasteiger partial charge in [0.25, 0.3) is 0 Å². The number of amides is 2. The van der Waals surface area contributed by atoms with Crippen LogP contribution in [0.5, 0.6) is 0 Å². The zero-order valence-corrected chi connectivity index (χ0v) is 23.2. The Balaban J connectivity index is 1.71. The van der Waals surface area contributed by atoms with Gasteiger partial charge in [0.15, 0.2) is 0 Å². The first-order valence-corrected chi connectivity index (χ1v) is 14.9. The van der Waals surface area contributed by atoms with Gasteiger partial charge in [-0.25, -0.2) is 4.79 Å². The van der Waals surface area contributed by atoms with Crippen LogP contribution in [0.4, 0.5) is 15.3 Å². The summed E-state index contributed by atoms with van der Waals surface area (Å²) >= 11 is -0.675. The Labute approximate surface area is 209 Å². The van der Waals surface area contributed by atoms with Gasteiger partial charge in [-0.3, -0.25) is 5.32 Å². The molecule has 0 aliphatic heterocycles. The summed E-state index contributed by atoms with van der Waals surface area (Å²) in [5.41, 5.74) is 2.48. The van der Waals surface area contributed by atoms with Crippen molar-refractivity contribution in [3.63, 3.8) is 0 Å². The van der Waals surface area contributed by atoms with E-state index in [4.69, 9.17) is 4.74 Å². The zero-order chi connectivity index (χ0) is 23.8. The standard InChI is InChI=1S/C24H32IN2O3S2/c1-23(2,3)27-21(28)25-19-11-7-17(8-12-19)15-31-32-16-18-9-13-20(14-10-18)26-22(29)30-24(4,5)6/h7-14H,15-16H2,1-6H3,(H,26,29)(H,27,28)/q-1. The third-order valence-corrected chi connectivity index (χ3v) is 8.09. The van der Waals surface area contributed by atoms with Crippen LogP contribution in [-0.2, 0) is 16.2 Å². The van der Waals surface area contributed by atoms with E-state index in [-0.39, 0.29) is 9.45 Å². The van der Waals surface area contributed by atoms with Crippen molar-refractivity contribution < 1.29 is 35.5 Å². The monoisotopic (exact) mass is 587 g/mol. The van der Waals surface area contributed by atoms with Gasteiger partial charge in [-0.2, -0.15) is 0 Å². The van der Waals surface area contributed by atoms with Crippen molar-refractivity contribution in [2.24, 2.45) is 0 Å². The Morgan fingerprint density at radius 2 is 1.34 bits per heavy atom. The molecule has 0 aliphatic carbocycles. The topological polar surface area (TPSA) is 67.4 Å². The Kier molecular flexibility index (Phi) is 10.2. The Morgan fingerprint density at radius 1 is 0.844 bits per heavy atom. The van der Waals surface area contributed by atoms with Crippen molar-refractivity contribution in [3.05, 3.63) is 63.2 Å². The van der Waals surface area contributed by atoms with E-state index in [1.165, 1.54) is 11.1 Å². The molecule has 32 heavy (non-hydrogen) atoms. The third kappa shape index (κ3) is 11.5. The van der Waals surface area contributed by atoms with E-state index in [1.54, 1.807) is 21.6 Å². The van der Waals surface area contributed by atoms with Gasteiger partial charge in [-0.05, 0) is 20.8 Å². The molecule has 8 heteroatoms. The van der Waals surface area contributed by atoms with Crippen LogP contribution in [0.2, 0.25) is 0 Å². The van der Waals surface area contributed by atoms with Crippen molar-refractivity contribution in [1.29, 1.82) is 0 Å². The molecule has 0 unspecified atom stereocenters. The normalized spacial score (nSPS) is 11.8. The number of ether oxygens (including phenoxy) is 1. The van der Waals surface area contributed by atoms with E-state index in [9.17, 15) is 9.59 Å². The summed E-state index contributed by atoms with van der Waals surface area (Å²) in [6.45, 7) is 11.5. The fourth-order valence-corrected chi connectivity index (χ4v) is 6.76. The Bertz CT molecular complexity index is 814. The van der Waals surface area contributed by atoms with Crippen molar-refractivity contribution in [1.82, 2.24) is 5.32 Å². The molecule has 2 amide bonds. The predicted molar refractivity (Wildman–Crippen MR) is 132 cm³/mol. The first-order valence-electron chi connectivity index (χ1n) is 10.3. The van der Waals surface area contributed by atoms with Crippen LogP contribution in [0.25, 0.3) is 0 Å². The molecule has 0 saturated carbocycles. The maximum atomic E-state index is 12.1. The molecule has 0 spiro atoms. The van der Waals surface area contributed by atoms with Gasteiger partial charge in [0.2, 0.25) is 0 Å². The quantitative estimate of drug-likeness (QED) is 0.161. The molecule has 0 fully saturated rings. The molecule has 0 radical (unpaired) electrons. The number of carbonyl (C=O) groups excluding carboxylic acids is 2. The summed E-state index contributed by atoms with van der Waals surface area (Å²) < 4.78 is 6.55. The molecule has 0 bridgehead atoms. The summed E-state index contributed by atoms with van der Waals surface area (Å²) in [7, 11) is 3.60. The van der Waals surface area contributed by atoms with Crippen LogP contribution in [0, 0.1) is 3.57 Å². The summed E-state index contributed by atoms with van der Waals surface area (Å²) in [6, 6.07) is 16.2. The van der Waals surface area contributed by atoms with Crippen LogP contribution >= 0.6 is 21.6 Å². The van der Waals surface area contributed by atoms with Crippen LogP contribution in [0.15, 0.2) is 48.5 Å². The minimum atomic E-state index is -0.675. The number of hydrogen-bond donors (Lipinski definition) is 2. The van der Waals surface area contributed by atoms with E-state index >= 15 is 0 Å². The number of rotatable bonds is 8. The van der Waals surface area contributed by atoms with Crippen LogP contribution in [0.3, 0.4) is 0 Å². The van der Waals surface area contributed by atoms with Gasteiger partial charge in [-0.15, -0.1) is 0 Å². The first kappa shape index (κ1) is 26.9. The fourth-order valence-electron chi connectivity index (χ4n) is 2.39. The Morgan fingerprint density at radius 3 is 1.81 bits per heavy atom. The predicted octanol–water partition coefficient (Wildman–Crippen LogP) is 3.88. The molecule has 0 atom stereocenters. The zero-order valence-electron chi connectivity index (χ0n) is 19.5. The van der Waals surface area contributed by atoms with Crippen LogP contribution in [-0.4, -0.2) is 21.1 Å². The van der Waals surface area contributed by atoms with Crippen LogP contribution in [0.1, 0.15) is 52.7 Å². The SMILES string of the molecule is CC(C)(C)NC(=O)[I-]c1ccc(CSSCc2ccc(NC(=O)OC(C)(C)C)cc2)cc1. The first-order chi connectivity index (χ1) is 14.9. The number of carbonyl (C=O) groups is 2. The molecule has 0 saturated heterocycles. The number of hydrogen-bond acceptors (Lipinski definition) is 5. The number of halogens is 1. The molecule has 0 aliphatic rings. The molecule has 2 rings (SSSR count). The second kappa shape index (κ2) is 12.2. The van der Waals surface area contributed by atoms with E-state index in [1.807, 2.05) is 65.8 Å². The van der Waals surface area contributed by atoms with E-state index < -0.39 is 32.9 Å². The summed E-state index contributed by atoms with van der Waals surface area (Å²) in [4.78, 5) is 23.9. The second-order valence-corrected chi connectivity index (χ2v) is 14.4. The van der Waals surface area contributed by atoms with E-state index in [0.29, 0.717) is 0 Å². The molecule has 0 heterocycles. The van der Waals surface area contributed by atoms with E-state index in [0.717, 1.165) is 20.8 Å². The second-order valence-electron chi connectivity index (χ2n) is 9.22. The summed E-state index contributed by atoms with van der Waals surface area (Å²) in [6.07, 6.45) is -0.446. The number of anilines is 1. The molecule has 5 nitrogen and oxygen atoms in total. The summed E-state index contributed by atoms with van der Waals surface area (Å²) in [5.74, 6) is 1.80. The van der Waals surface area contributed by atoms with Gasteiger partial charge in [0.1, 0.15) is 5.60 Å². The van der Waals surface area contributed by atoms with E-state index in [2.05, 4.69) is 34.9 Å². The molecular weight excluding hydrogens is 555 g/mol. The third-order valence-electron chi connectivity index (χ3n) is 3.72. The molecule has 2 aromatic carbocycles. The van der Waals surface area contributed by atoms with Crippen molar-refractivity contribution in [2.45, 2.75) is 64.2 Å². The van der Waals surface area contributed by atoms with Gasteiger partial charge in [-0.1, -0.05) is 0 Å². The molecular formula is C24H32IN2O3S2-. The van der Waals surface area contributed by atoms with Gasteiger partial charge >= 0.3 is 170 Å².